The van der Waals surface area contributed by atoms with E-state index in [4.69, 9.17) is 0 Å². The summed E-state index contributed by atoms with van der Waals surface area (Å²) in [6, 6.07) is 9.35. The summed E-state index contributed by atoms with van der Waals surface area (Å²) in [5, 5.41) is 15.9. The summed E-state index contributed by atoms with van der Waals surface area (Å²) in [5.74, 6) is 0. The lowest BCUT2D eigenvalue weighted by Crippen LogP contribution is -2.54. The molecule has 0 spiro atoms. The number of likely N-dealkylation sites (tertiary alicyclic amines) is 1. The van der Waals surface area contributed by atoms with Crippen molar-refractivity contribution >= 4 is 6.03 Å². The summed E-state index contributed by atoms with van der Waals surface area (Å²) in [6.07, 6.45) is 3.76. The van der Waals surface area contributed by atoms with Crippen LogP contribution in [0.15, 0.2) is 30.3 Å². The monoisotopic (exact) mass is 333 g/mol. The average molecular weight is 333 g/mol. The van der Waals surface area contributed by atoms with Crippen LogP contribution in [0.4, 0.5) is 4.79 Å². The van der Waals surface area contributed by atoms with Gasteiger partial charge in [0.25, 0.3) is 0 Å². The Labute approximate surface area is 145 Å². The zero-order valence-corrected chi connectivity index (χ0v) is 14.9. The molecule has 1 heterocycles. The first-order chi connectivity index (χ1) is 11.5. The highest BCUT2D eigenvalue weighted by Crippen LogP contribution is 2.19. The Balaban J connectivity index is 1.66. The predicted molar refractivity (Wildman–Crippen MR) is 96.9 cm³/mol. The number of hydrogen-bond acceptors (Lipinski definition) is 3. The van der Waals surface area contributed by atoms with Crippen LogP contribution >= 0.6 is 0 Å². The quantitative estimate of drug-likeness (QED) is 0.719. The first-order valence-electron chi connectivity index (χ1n) is 8.99. The van der Waals surface area contributed by atoms with E-state index in [1.165, 1.54) is 19.3 Å². The van der Waals surface area contributed by atoms with Gasteiger partial charge in [0.15, 0.2) is 0 Å². The van der Waals surface area contributed by atoms with Crippen molar-refractivity contribution in [1.29, 1.82) is 0 Å². The number of piperidine rings is 1. The molecule has 1 saturated heterocycles. The van der Waals surface area contributed by atoms with Gasteiger partial charge in [0.2, 0.25) is 0 Å². The Kier molecular flexibility index (Phi) is 7.06. The van der Waals surface area contributed by atoms with E-state index in [9.17, 15) is 9.90 Å². The van der Waals surface area contributed by atoms with Crippen LogP contribution in [0.2, 0.25) is 0 Å². The van der Waals surface area contributed by atoms with Gasteiger partial charge in [-0.25, -0.2) is 4.79 Å². The molecule has 0 radical (unpaired) electrons. The molecule has 0 saturated carbocycles. The van der Waals surface area contributed by atoms with Gasteiger partial charge in [-0.3, -0.25) is 4.90 Å². The number of urea groups is 1. The molecule has 1 fully saturated rings. The highest BCUT2D eigenvalue weighted by atomic mass is 16.3. The van der Waals surface area contributed by atoms with Crippen molar-refractivity contribution in [3.63, 3.8) is 0 Å². The van der Waals surface area contributed by atoms with E-state index in [1.54, 1.807) is 0 Å². The second-order valence-corrected chi connectivity index (χ2v) is 7.18. The lowest BCUT2D eigenvalue weighted by Gasteiger charge is -2.41. The minimum atomic E-state index is -0.545. The lowest BCUT2D eigenvalue weighted by atomic mass is 9.98. The summed E-state index contributed by atoms with van der Waals surface area (Å²) in [6.45, 7) is 7.65. The molecule has 24 heavy (non-hydrogen) atoms. The molecule has 1 aromatic rings. The molecule has 0 bridgehead atoms. The maximum absolute atomic E-state index is 12.0. The van der Waals surface area contributed by atoms with Gasteiger partial charge < -0.3 is 15.7 Å². The van der Waals surface area contributed by atoms with Crippen molar-refractivity contribution in [2.75, 3.05) is 26.2 Å². The molecule has 2 rings (SSSR count). The van der Waals surface area contributed by atoms with Crippen molar-refractivity contribution in [1.82, 2.24) is 15.5 Å². The Morgan fingerprint density at radius 3 is 2.50 bits per heavy atom. The van der Waals surface area contributed by atoms with Crippen LogP contribution in [-0.2, 0) is 0 Å². The smallest absolute Gasteiger partial charge is 0.314 e. The highest BCUT2D eigenvalue weighted by molar-refractivity contribution is 5.73. The van der Waals surface area contributed by atoms with E-state index in [-0.39, 0.29) is 11.6 Å². The topological polar surface area (TPSA) is 64.6 Å². The molecule has 1 aliphatic rings. The lowest BCUT2D eigenvalue weighted by molar-refractivity contribution is 0.0959. The van der Waals surface area contributed by atoms with Crippen molar-refractivity contribution in [2.45, 2.75) is 51.2 Å². The van der Waals surface area contributed by atoms with Crippen LogP contribution in [0.5, 0.6) is 0 Å². The molecule has 5 heteroatoms. The molecule has 5 nitrogen and oxygen atoms in total. The third-order valence-corrected chi connectivity index (χ3v) is 4.78. The second kappa shape index (κ2) is 9.04. The molecule has 134 valence electrons. The first-order valence-corrected chi connectivity index (χ1v) is 8.99. The third kappa shape index (κ3) is 5.80. The number of rotatable bonds is 7. The van der Waals surface area contributed by atoms with Gasteiger partial charge >= 0.3 is 6.03 Å². The van der Waals surface area contributed by atoms with Gasteiger partial charge in [-0.1, -0.05) is 36.8 Å². The summed E-state index contributed by atoms with van der Waals surface area (Å²) >= 11 is 0. The van der Waals surface area contributed by atoms with E-state index >= 15 is 0 Å². The molecule has 1 atom stereocenters. The average Bonchev–Trinajstić information content (AvgIpc) is 2.61. The van der Waals surface area contributed by atoms with Crippen LogP contribution in [0.25, 0.3) is 0 Å². The summed E-state index contributed by atoms with van der Waals surface area (Å²) in [4.78, 5) is 14.4. The number of carbonyl (C=O) groups excluding carboxylic acids is 1. The largest absolute Gasteiger partial charge is 0.388 e. The summed E-state index contributed by atoms with van der Waals surface area (Å²) in [7, 11) is 0. The number of nitrogens with one attached hydrogen (secondary N) is 2. The summed E-state index contributed by atoms with van der Waals surface area (Å²) < 4.78 is 0. The minimum absolute atomic E-state index is 0.0265. The van der Waals surface area contributed by atoms with Crippen LogP contribution in [-0.4, -0.2) is 47.8 Å². The van der Waals surface area contributed by atoms with Crippen LogP contribution < -0.4 is 10.6 Å². The Hall–Kier alpha value is -1.59. The standard InChI is InChI=1S/C19H31N3O2/c1-19(2,22-13-7-4-8-14-22)15-21-18(24)20-12-11-17(23)16-9-5-3-6-10-16/h3,5-6,9-10,17,23H,4,7-8,11-15H2,1-2H3,(H2,20,21,24). The SMILES string of the molecule is CC(C)(CNC(=O)NCCC(O)c1ccccc1)N1CCCCC1. The zero-order valence-electron chi connectivity index (χ0n) is 14.9. The molecule has 2 amide bonds. The van der Waals surface area contributed by atoms with Crippen LogP contribution in [0, 0.1) is 0 Å². The molecule has 1 unspecified atom stereocenters. The van der Waals surface area contributed by atoms with E-state index in [0.29, 0.717) is 19.5 Å². The predicted octanol–water partition coefficient (Wildman–Crippen LogP) is 2.67. The molecule has 0 aromatic heterocycles. The van der Waals surface area contributed by atoms with Gasteiger partial charge in [0.05, 0.1) is 6.10 Å². The van der Waals surface area contributed by atoms with E-state index in [2.05, 4.69) is 29.4 Å². The maximum atomic E-state index is 12.0. The molecular weight excluding hydrogens is 302 g/mol. The van der Waals surface area contributed by atoms with E-state index < -0.39 is 6.10 Å². The van der Waals surface area contributed by atoms with Crippen molar-refractivity contribution in [3.05, 3.63) is 35.9 Å². The Bertz CT molecular complexity index is 499. The number of aliphatic hydroxyl groups excluding tert-OH is 1. The van der Waals surface area contributed by atoms with Gasteiger partial charge in [-0.15, -0.1) is 0 Å². The zero-order chi connectivity index (χ0) is 17.4. The van der Waals surface area contributed by atoms with Gasteiger partial charge in [0, 0.05) is 18.6 Å². The molecule has 0 aliphatic carbocycles. The fraction of sp³-hybridized carbons (Fsp3) is 0.632. The Morgan fingerprint density at radius 2 is 1.83 bits per heavy atom. The van der Waals surface area contributed by atoms with Gasteiger partial charge in [-0.05, 0) is 51.8 Å². The van der Waals surface area contributed by atoms with Gasteiger partial charge in [-0.2, -0.15) is 0 Å². The van der Waals surface area contributed by atoms with Crippen molar-refractivity contribution < 1.29 is 9.90 Å². The van der Waals surface area contributed by atoms with Crippen molar-refractivity contribution in [3.8, 4) is 0 Å². The molecular formula is C19H31N3O2. The number of aliphatic hydroxyl groups is 1. The number of nitrogens with zero attached hydrogens (tertiary/aromatic N) is 1. The number of amides is 2. The van der Waals surface area contributed by atoms with Crippen LogP contribution in [0.1, 0.15) is 51.2 Å². The van der Waals surface area contributed by atoms with E-state index in [0.717, 1.165) is 18.7 Å². The van der Waals surface area contributed by atoms with Gasteiger partial charge in [0.1, 0.15) is 0 Å². The molecule has 1 aromatic carbocycles. The summed E-state index contributed by atoms with van der Waals surface area (Å²) in [5.41, 5.74) is 0.854. The first kappa shape index (κ1) is 18.7. The fourth-order valence-electron chi connectivity index (χ4n) is 3.13. The molecule has 3 N–H and O–H groups in total. The highest BCUT2D eigenvalue weighted by Gasteiger charge is 2.28. The third-order valence-electron chi connectivity index (χ3n) is 4.78. The normalized spacial score (nSPS) is 17.3. The fourth-order valence-corrected chi connectivity index (χ4v) is 3.13. The number of hydrogen-bond donors (Lipinski definition) is 3. The van der Waals surface area contributed by atoms with Crippen LogP contribution in [0.3, 0.4) is 0 Å². The maximum Gasteiger partial charge on any atom is 0.314 e. The molecule has 1 aliphatic heterocycles. The number of carbonyl (C=O) groups is 1. The minimum Gasteiger partial charge on any atom is -0.388 e. The Morgan fingerprint density at radius 1 is 1.17 bits per heavy atom. The second-order valence-electron chi connectivity index (χ2n) is 7.18. The number of benzene rings is 1. The van der Waals surface area contributed by atoms with E-state index in [1.807, 2.05) is 30.3 Å². The van der Waals surface area contributed by atoms with Crippen molar-refractivity contribution in [2.24, 2.45) is 0 Å².